The molecule has 31 heavy (non-hydrogen) atoms. The predicted molar refractivity (Wildman–Crippen MR) is 117 cm³/mol. The van der Waals surface area contributed by atoms with E-state index >= 15 is 0 Å². The molecule has 8 heteroatoms. The summed E-state index contributed by atoms with van der Waals surface area (Å²) in [5.41, 5.74) is 2.60. The molecule has 0 radical (unpaired) electrons. The molecule has 0 spiro atoms. The van der Waals surface area contributed by atoms with E-state index < -0.39 is 15.9 Å². The van der Waals surface area contributed by atoms with Crippen LogP contribution < -0.4 is 19.1 Å². The van der Waals surface area contributed by atoms with Gasteiger partial charge in [0.2, 0.25) is 6.79 Å². The van der Waals surface area contributed by atoms with Gasteiger partial charge in [0, 0.05) is 29.9 Å². The Kier molecular flexibility index (Phi) is 4.44. The molecule has 1 N–H and O–H groups in total. The van der Waals surface area contributed by atoms with Crippen molar-refractivity contribution in [3.8, 4) is 11.5 Å². The SMILES string of the molecule is CN1c2ccccc2C(c2ccccc2)=C(C(=O)Nc2ccc3c(c2)OCO3)S1(=O)=O. The zero-order valence-corrected chi connectivity index (χ0v) is 17.3. The highest BCUT2D eigenvalue weighted by atomic mass is 32.2. The number of benzene rings is 3. The minimum Gasteiger partial charge on any atom is -0.454 e. The molecule has 0 fully saturated rings. The Hall–Kier alpha value is -3.78. The first-order valence-corrected chi connectivity index (χ1v) is 11.0. The smallest absolute Gasteiger partial charge is 0.270 e. The van der Waals surface area contributed by atoms with Gasteiger partial charge in [0.05, 0.1) is 5.69 Å². The molecule has 3 aromatic rings. The van der Waals surface area contributed by atoms with E-state index in [4.69, 9.17) is 9.47 Å². The third-order valence-electron chi connectivity index (χ3n) is 5.26. The average Bonchev–Trinajstić information content (AvgIpc) is 3.24. The molecule has 0 unspecified atom stereocenters. The van der Waals surface area contributed by atoms with E-state index in [-0.39, 0.29) is 11.7 Å². The van der Waals surface area contributed by atoms with Gasteiger partial charge in [0.1, 0.15) is 0 Å². The van der Waals surface area contributed by atoms with Crippen molar-refractivity contribution in [2.75, 3.05) is 23.5 Å². The number of anilines is 2. The number of hydrogen-bond donors (Lipinski definition) is 1. The lowest BCUT2D eigenvalue weighted by Gasteiger charge is -2.30. The lowest BCUT2D eigenvalue weighted by Crippen LogP contribution is -2.37. The molecule has 2 heterocycles. The number of fused-ring (bicyclic) bond motifs is 2. The lowest BCUT2D eigenvalue weighted by molar-refractivity contribution is -0.112. The predicted octanol–water partition coefficient (Wildman–Crippen LogP) is 3.59. The van der Waals surface area contributed by atoms with Crippen LogP contribution in [0.5, 0.6) is 11.5 Å². The lowest BCUT2D eigenvalue weighted by atomic mass is 9.95. The summed E-state index contributed by atoms with van der Waals surface area (Å²) in [6.07, 6.45) is 0. The van der Waals surface area contributed by atoms with Crippen LogP contribution in [0.1, 0.15) is 11.1 Å². The van der Waals surface area contributed by atoms with Gasteiger partial charge in [-0.15, -0.1) is 0 Å². The zero-order chi connectivity index (χ0) is 21.6. The van der Waals surface area contributed by atoms with Crippen LogP contribution in [-0.2, 0) is 14.8 Å². The van der Waals surface area contributed by atoms with Gasteiger partial charge in [-0.1, -0.05) is 48.5 Å². The molecule has 0 aliphatic carbocycles. The van der Waals surface area contributed by atoms with Gasteiger partial charge in [0.25, 0.3) is 15.9 Å². The number of ether oxygens (including phenoxy) is 2. The van der Waals surface area contributed by atoms with Gasteiger partial charge in [-0.05, 0) is 23.8 Å². The number of rotatable bonds is 3. The van der Waals surface area contributed by atoms with Crippen molar-refractivity contribution in [2.45, 2.75) is 0 Å². The minimum atomic E-state index is -4.10. The second-order valence-electron chi connectivity index (χ2n) is 7.08. The maximum absolute atomic E-state index is 13.4. The summed E-state index contributed by atoms with van der Waals surface area (Å²) in [7, 11) is -2.65. The first-order chi connectivity index (χ1) is 15.0. The topological polar surface area (TPSA) is 84.9 Å². The largest absolute Gasteiger partial charge is 0.454 e. The molecule has 2 aliphatic heterocycles. The van der Waals surface area contributed by atoms with E-state index in [1.54, 1.807) is 42.5 Å². The minimum absolute atomic E-state index is 0.103. The maximum Gasteiger partial charge on any atom is 0.270 e. The third-order valence-corrected chi connectivity index (χ3v) is 7.08. The van der Waals surface area contributed by atoms with Crippen molar-refractivity contribution in [1.82, 2.24) is 0 Å². The van der Waals surface area contributed by atoms with Crippen molar-refractivity contribution in [2.24, 2.45) is 0 Å². The van der Waals surface area contributed by atoms with E-state index in [2.05, 4.69) is 5.32 Å². The summed E-state index contributed by atoms with van der Waals surface area (Å²) in [5, 5.41) is 2.71. The molecular formula is C23H18N2O5S. The van der Waals surface area contributed by atoms with Crippen LogP contribution in [0.3, 0.4) is 0 Å². The molecule has 0 aromatic heterocycles. The van der Waals surface area contributed by atoms with Crippen molar-refractivity contribution in [1.29, 1.82) is 0 Å². The maximum atomic E-state index is 13.4. The zero-order valence-electron chi connectivity index (χ0n) is 16.5. The van der Waals surface area contributed by atoms with E-state index in [1.165, 1.54) is 7.05 Å². The van der Waals surface area contributed by atoms with E-state index in [1.807, 2.05) is 30.3 Å². The van der Waals surface area contributed by atoms with E-state index in [0.717, 1.165) is 4.31 Å². The van der Waals surface area contributed by atoms with Crippen LogP contribution >= 0.6 is 0 Å². The molecule has 0 bridgehead atoms. The summed E-state index contributed by atoms with van der Waals surface area (Å²) in [4.78, 5) is 13.1. The average molecular weight is 434 g/mol. The summed E-state index contributed by atoms with van der Waals surface area (Å²) in [6.45, 7) is 0.103. The molecule has 156 valence electrons. The van der Waals surface area contributed by atoms with Crippen LogP contribution in [0.25, 0.3) is 5.57 Å². The van der Waals surface area contributed by atoms with Gasteiger partial charge in [-0.25, -0.2) is 8.42 Å². The van der Waals surface area contributed by atoms with Crippen LogP contribution in [0.2, 0.25) is 0 Å². The monoisotopic (exact) mass is 434 g/mol. The summed E-state index contributed by atoms with van der Waals surface area (Å²) in [5.74, 6) is 0.337. The molecule has 3 aromatic carbocycles. The van der Waals surface area contributed by atoms with Gasteiger partial charge >= 0.3 is 0 Å². The standard InChI is InChI=1S/C23H18N2O5S/c1-25-18-10-6-5-9-17(18)21(15-7-3-2-4-8-15)22(31(25,27)28)23(26)24-16-11-12-19-20(13-16)30-14-29-19/h2-13H,14H2,1H3,(H,24,26). The number of carbonyl (C=O) groups is 1. The van der Waals surface area contributed by atoms with E-state index in [0.29, 0.717) is 39.6 Å². The molecule has 1 amide bonds. The fraction of sp³-hybridized carbons (Fsp3) is 0.0870. The summed E-state index contributed by atoms with van der Waals surface area (Å²) >= 11 is 0. The number of amides is 1. The Balaban J connectivity index is 1.68. The van der Waals surface area contributed by atoms with Crippen molar-refractivity contribution in [3.63, 3.8) is 0 Å². The molecular weight excluding hydrogens is 416 g/mol. The van der Waals surface area contributed by atoms with Gasteiger partial charge in [-0.2, -0.15) is 0 Å². The highest BCUT2D eigenvalue weighted by Crippen LogP contribution is 2.42. The highest BCUT2D eigenvalue weighted by Gasteiger charge is 2.39. The fourth-order valence-corrected chi connectivity index (χ4v) is 5.22. The number of carbonyl (C=O) groups excluding carboxylic acids is 1. The van der Waals surface area contributed by atoms with Crippen molar-refractivity contribution < 1.29 is 22.7 Å². The van der Waals surface area contributed by atoms with E-state index in [9.17, 15) is 13.2 Å². The third kappa shape index (κ3) is 3.12. The Labute approximate surface area is 179 Å². The summed E-state index contributed by atoms with van der Waals surface area (Å²) in [6, 6.07) is 21.1. The molecule has 0 saturated carbocycles. The van der Waals surface area contributed by atoms with Crippen LogP contribution in [0.15, 0.2) is 77.7 Å². The highest BCUT2D eigenvalue weighted by molar-refractivity contribution is 7.97. The van der Waals surface area contributed by atoms with Crippen LogP contribution in [-0.4, -0.2) is 28.2 Å². The van der Waals surface area contributed by atoms with Crippen molar-refractivity contribution >= 4 is 32.9 Å². The first kappa shape index (κ1) is 19.2. The number of nitrogens with one attached hydrogen (secondary N) is 1. The first-order valence-electron chi connectivity index (χ1n) is 9.56. The fourth-order valence-electron chi connectivity index (χ4n) is 3.76. The normalized spacial score (nSPS) is 16.1. The molecule has 0 saturated heterocycles. The Morgan fingerprint density at radius 3 is 2.45 bits per heavy atom. The molecule has 7 nitrogen and oxygen atoms in total. The second-order valence-corrected chi connectivity index (χ2v) is 8.99. The van der Waals surface area contributed by atoms with Gasteiger partial charge < -0.3 is 14.8 Å². The van der Waals surface area contributed by atoms with Gasteiger partial charge in [-0.3, -0.25) is 9.10 Å². The summed E-state index contributed by atoms with van der Waals surface area (Å²) < 4.78 is 38.7. The molecule has 2 aliphatic rings. The number of sulfonamides is 1. The molecule has 0 atom stereocenters. The molecule has 5 rings (SSSR count). The Bertz CT molecular complexity index is 1330. The second kappa shape index (κ2) is 7.17. The number of hydrogen-bond acceptors (Lipinski definition) is 5. The van der Waals surface area contributed by atoms with Crippen LogP contribution in [0.4, 0.5) is 11.4 Å². The van der Waals surface area contributed by atoms with Gasteiger partial charge in [0.15, 0.2) is 16.4 Å². The Morgan fingerprint density at radius 1 is 0.935 bits per heavy atom. The van der Waals surface area contributed by atoms with Crippen LogP contribution in [0, 0.1) is 0 Å². The number of nitrogens with zero attached hydrogens (tertiary/aromatic N) is 1. The quantitative estimate of drug-likeness (QED) is 0.681. The van der Waals surface area contributed by atoms with Crippen molar-refractivity contribution in [3.05, 3.63) is 88.8 Å². The number of para-hydroxylation sites is 1. The Morgan fingerprint density at radius 2 is 1.65 bits per heavy atom.